The third-order valence-electron chi connectivity index (χ3n) is 7.58. The maximum Gasteiger partial charge on any atom is 3.00 e. The Morgan fingerprint density at radius 1 is 0.574 bits per heavy atom. The van der Waals surface area contributed by atoms with Crippen molar-refractivity contribution in [3.8, 4) is 11.5 Å². The van der Waals surface area contributed by atoms with Crippen LogP contribution in [0.4, 0.5) is 0 Å². The van der Waals surface area contributed by atoms with E-state index in [-0.39, 0.29) is 50.2 Å². The first-order valence-corrected chi connectivity index (χ1v) is 15.8. The van der Waals surface area contributed by atoms with E-state index < -0.39 is 0 Å². The van der Waals surface area contributed by atoms with Crippen LogP contribution in [0.3, 0.4) is 0 Å². The molecule has 8 heteroatoms. The van der Waals surface area contributed by atoms with Crippen molar-refractivity contribution in [3.63, 3.8) is 0 Å². The Kier molecular flexibility index (Phi) is 19.4. The Hall–Kier alpha value is -2.45. The molecule has 2 N–H and O–H groups in total. The van der Waals surface area contributed by atoms with Gasteiger partial charge in [0.05, 0.1) is 5.69 Å². The van der Waals surface area contributed by atoms with Crippen LogP contribution in [0.15, 0.2) is 48.7 Å². The van der Waals surface area contributed by atoms with E-state index in [1.54, 1.807) is 6.20 Å². The normalized spacial score (nSPS) is 11.6. The van der Waals surface area contributed by atoms with Crippen LogP contribution in [-0.4, -0.2) is 41.4 Å². The Labute approximate surface area is 296 Å². The zero-order valence-corrected chi connectivity index (χ0v) is 32.8. The van der Waals surface area contributed by atoms with Gasteiger partial charge in [-0.25, -0.2) is 0 Å². The standard InChI is InChI=1S/C36H52N2O2.2CH4O.CH3O.Mn/c1-33(2,3)26-17-24(31(39)29(19-26)35(7,8)9)21-38(23-28-15-13-14-16-37-28)22-25-18-27(34(4,5)6)20-30(32(25)40)36(10,11)12;3*1-2;/h13-20,39-40H,21-23H2,1-12H3;2*2H,1H3;1H3;/q;;;-1;+3/p-2. The fraction of sp³-hybridized carbons (Fsp3) is 0.564. The molecule has 2 aromatic carbocycles. The van der Waals surface area contributed by atoms with Gasteiger partial charge in [0.1, 0.15) is 0 Å². The summed E-state index contributed by atoms with van der Waals surface area (Å²) < 4.78 is 0. The Bertz CT molecular complexity index is 1250. The molecule has 1 heterocycles. The van der Waals surface area contributed by atoms with E-state index in [1.807, 2.05) is 18.2 Å². The van der Waals surface area contributed by atoms with Crippen LogP contribution < -0.4 is 15.3 Å². The molecular weight excluding hydrogens is 631 g/mol. The average Bonchev–Trinajstić information content (AvgIpc) is 2.96. The molecule has 0 spiro atoms. The van der Waals surface area contributed by atoms with Crippen LogP contribution >= 0.6 is 0 Å². The monoisotopic (exact) mass is 692 g/mol. The van der Waals surface area contributed by atoms with Crippen molar-refractivity contribution in [2.45, 2.75) is 124 Å². The van der Waals surface area contributed by atoms with Crippen molar-refractivity contribution in [1.29, 1.82) is 0 Å². The van der Waals surface area contributed by atoms with E-state index in [2.05, 4.69) is 117 Å². The molecule has 0 atom stereocenters. The first-order valence-electron chi connectivity index (χ1n) is 15.8. The maximum atomic E-state index is 13.9. The minimum Gasteiger partial charge on any atom is -0.872 e. The molecule has 47 heavy (non-hydrogen) atoms. The molecule has 7 nitrogen and oxygen atoms in total. The van der Waals surface area contributed by atoms with Crippen molar-refractivity contribution in [2.75, 3.05) is 21.3 Å². The second kappa shape index (κ2) is 19.5. The first kappa shape index (κ1) is 46.7. The molecule has 0 unspecified atom stereocenters. The van der Waals surface area contributed by atoms with Crippen LogP contribution in [-0.2, 0) is 58.4 Å². The summed E-state index contributed by atoms with van der Waals surface area (Å²) in [5.41, 5.74) is 5.68. The fourth-order valence-electron chi connectivity index (χ4n) is 4.96. The molecule has 1 aromatic heterocycles. The third kappa shape index (κ3) is 13.9. The maximum absolute atomic E-state index is 13.9. The summed E-state index contributed by atoms with van der Waals surface area (Å²) in [6.07, 6.45) is 1.79. The Balaban J connectivity index is 0. The number of nitrogens with zero attached hydrogens (tertiary/aromatic N) is 2. The molecule has 0 saturated heterocycles. The number of benzene rings is 2. The zero-order valence-electron chi connectivity index (χ0n) is 31.6. The number of rotatable bonds is 6. The summed E-state index contributed by atoms with van der Waals surface area (Å²) in [7, 11) is 2.75. The average molecular weight is 693 g/mol. The quantitative estimate of drug-likeness (QED) is 0.313. The van der Waals surface area contributed by atoms with Crippen LogP contribution in [0, 0.1) is 0 Å². The number of aliphatic hydroxyl groups is 2. The van der Waals surface area contributed by atoms with Crippen LogP contribution in [0.25, 0.3) is 0 Å². The van der Waals surface area contributed by atoms with Gasteiger partial charge < -0.3 is 25.5 Å². The van der Waals surface area contributed by atoms with E-state index >= 15 is 0 Å². The van der Waals surface area contributed by atoms with Gasteiger partial charge in [0.15, 0.2) is 0 Å². The minimum absolute atomic E-state index is 0. The van der Waals surface area contributed by atoms with Gasteiger partial charge in [0.25, 0.3) is 0 Å². The van der Waals surface area contributed by atoms with Crippen LogP contribution in [0.2, 0.25) is 0 Å². The van der Waals surface area contributed by atoms with Crippen LogP contribution in [0.5, 0.6) is 11.5 Å². The molecule has 0 amide bonds. The van der Waals surface area contributed by atoms with E-state index in [0.29, 0.717) is 19.6 Å². The smallest absolute Gasteiger partial charge is 0.872 e. The van der Waals surface area contributed by atoms with E-state index in [1.165, 1.54) is 0 Å². The zero-order chi connectivity index (χ0) is 36.3. The topological polar surface area (TPSA) is 126 Å². The summed E-state index contributed by atoms with van der Waals surface area (Å²) in [5, 5.41) is 50.0. The van der Waals surface area contributed by atoms with Crippen molar-refractivity contribution in [3.05, 3.63) is 87.7 Å². The predicted molar refractivity (Wildman–Crippen MR) is 186 cm³/mol. The molecule has 0 fully saturated rings. The largest absolute Gasteiger partial charge is 3.00 e. The van der Waals surface area contributed by atoms with Crippen molar-refractivity contribution in [2.24, 2.45) is 0 Å². The molecule has 0 aliphatic rings. The van der Waals surface area contributed by atoms with Gasteiger partial charge in [0, 0.05) is 40.1 Å². The van der Waals surface area contributed by atoms with Gasteiger partial charge in [0.2, 0.25) is 0 Å². The molecule has 3 rings (SSSR count). The van der Waals surface area contributed by atoms with E-state index in [0.717, 1.165) is 60.4 Å². The molecule has 264 valence electrons. The minimum atomic E-state index is -0.274. The summed E-state index contributed by atoms with van der Waals surface area (Å²) in [6, 6.07) is 14.2. The van der Waals surface area contributed by atoms with Crippen LogP contribution in [0.1, 0.15) is 122 Å². The number of hydrogen-bond acceptors (Lipinski definition) is 7. The third-order valence-corrected chi connectivity index (χ3v) is 7.58. The van der Waals surface area contributed by atoms with Gasteiger partial charge in [-0.2, -0.15) is 7.11 Å². The Morgan fingerprint density at radius 2 is 0.936 bits per heavy atom. The molecule has 0 aliphatic heterocycles. The van der Waals surface area contributed by atoms with Gasteiger partial charge in [-0.05, 0) is 67.2 Å². The Morgan fingerprint density at radius 3 is 1.21 bits per heavy atom. The second-order valence-corrected chi connectivity index (χ2v) is 15.5. The summed E-state index contributed by atoms with van der Waals surface area (Å²) in [6.45, 7) is 27.1. The summed E-state index contributed by atoms with van der Waals surface area (Å²) in [5.74, 6) is 0.181. The molecule has 0 aliphatic carbocycles. The van der Waals surface area contributed by atoms with Crippen molar-refractivity contribution >= 4 is 0 Å². The molecule has 0 saturated carbocycles. The molecular formula is C39H61MnN2O5. The first-order chi connectivity index (χ1) is 21.2. The number of aliphatic hydroxyl groups excluding tert-OH is 2. The van der Waals surface area contributed by atoms with Gasteiger partial charge in [-0.1, -0.05) is 113 Å². The predicted octanol–water partition coefficient (Wildman–Crippen LogP) is 5.81. The number of pyridine rings is 1. The van der Waals surface area contributed by atoms with Crippen molar-refractivity contribution < 1.29 is 42.6 Å². The molecule has 0 bridgehead atoms. The molecule has 0 radical (unpaired) electrons. The molecule has 3 aromatic rings. The van der Waals surface area contributed by atoms with Crippen molar-refractivity contribution in [1.82, 2.24) is 9.88 Å². The van der Waals surface area contributed by atoms with E-state index in [9.17, 15) is 10.2 Å². The summed E-state index contributed by atoms with van der Waals surface area (Å²) in [4.78, 5) is 6.78. The van der Waals surface area contributed by atoms with Gasteiger partial charge >= 0.3 is 17.1 Å². The number of aromatic nitrogens is 1. The van der Waals surface area contributed by atoms with E-state index in [4.69, 9.17) is 15.3 Å². The second-order valence-electron chi connectivity index (χ2n) is 15.5. The summed E-state index contributed by atoms with van der Waals surface area (Å²) >= 11 is 0. The SMILES string of the molecule is CC(C)(C)c1cc(CN(Cc2ccccn2)Cc2cc(C(C)(C)C)cc(C(C)(C)C)c2[O-])c([O-])c(C(C)(C)C)c1.CO.CO.C[O-].[Mn+3]. The number of hydrogen-bond donors (Lipinski definition) is 2. The van der Waals surface area contributed by atoms with Gasteiger partial charge in [-0.3, -0.25) is 9.88 Å². The van der Waals surface area contributed by atoms with Gasteiger partial charge in [-0.15, -0.1) is 11.5 Å². The fourth-order valence-corrected chi connectivity index (χ4v) is 4.96.